The molecule has 224 valence electrons. The van der Waals surface area contributed by atoms with E-state index in [4.69, 9.17) is 4.98 Å². The topological polar surface area (TPSA) is 110 Å². The van der Waals surface area contributed by atoms with Gasteiger partial charge in [-0.05, 0) is 48.0 Å². The summed E-state index contributed by atoms with van der Waals surface area (Å²) in [5, 5.41) is 11.5. The van der Waals surface area contributed by atoms with Gasteiger partial charge in [-0.15, -0.1) is 0 Å². The van der Waals surface area contributed by atoms with Crippen molar-refractivity contribution in [3.63, 3.8) is 0 Å². The molecule has 5 aromatic rings. The highest BCUT2D eigenvalue weighted by Gasteiger charge is 2.27. The minimum atomic E-state index is -4.51. The summed E-state index contributed by atoms with van der Waals surface area (Å²) in [6.07, 6.45) is -3.37. The van der Waals surface area contributed by atoms with Gasteiger partial charge in [0.1, 0.15) is 29.5 Å². The lowest BCUT2D eigenvalue weighted by molar-refractivity contribution is -0.115. The van der Waals surface area contributed by atoms with Crippen molar-refractivity contribution in [3.8, 4) is 22.6 Å². The maximum absolute atomic E-state index is 14.0. The number of aromatic nitrogens is 5. The minimum Gasteiger partial charge on any atom is -0.435 e. The van der Waals surface area contributed by atoms with E-state index in [0.29, 0.717) is 25.2 Å². The van der Waals surface area contributed by atoms with Gasteiger partial charge in [-0.2, -0.15) is 22.0 Å². The Hall–Kier alpha value is -4.63. The second-order valence-electron chi connectivity index (χ2n) is 9.89. The molecule has 1 aliphatic heterocycles. The number of hydrogen-bond donors (Lipinski definition) is 2. The molecule has 10 nitrogen and oxygen atoms in total. The first-order valence-corrected chi connectivity index (χ1v) is 13.2. The number of nitrogens with zero attached hydrogens (tertiary/aromatic N) is 6. The molecule has 2 aromatic carbocycles. The first kappa shape index (κ1) is 28.5. The molecule has 6 rings (SSSR count). The summed E-state index contributed by atoms with van der Waals surface area (Å²) in [5.74, 6) is 0.490. The number of rotatable bonds is 8. The number of alkyl halides is 5. The van der Waals surface area contributed by atoms with Crippen LogP contribution in [0, 0.1) is 0 Å². The summed E-state index contributed by atoms with van der Waals surface area (Å²) in [7, 11) is 0. The zero-order valence-corrected chi connectivity index (χ0v) is 22.4. The Bertz CT molecular complexity index is 1850. The van der Waals surface area contributed by atoms with Crippen LogP contribution >= 0.6 is 0 Å². The first-order chi connectivity index (χ1) is 20.6. The molecule has 2 N–H and O–H groups in total. The van der Waals surface area contributed by atoms with E-state index in [0.717, 1.165) is 29.6 Å². The normalized spacial score (nSPS) is 14.0. The van der Waals surface area contributed by atoms with Crippen molar-refractivity contribution in [1.29, 1.82) is 0 Å². The van der Waals surface area contributed by atoms with Crippen LogP contribution in [0.15, 0.2) is 59.5 Å². The number of fused-ring (bicyclic) bond motifs is 4. The Balaban J connectivity index is 1.48. The Morgan fingerprint density at radius 3 is 2.53 bits per heavy atom. The summed E-state index contributed by atoms with van der Waals surface area (Å²) in [6.45, 7) is -1.89. The molecule has 15 heteroatoms. The second-order valence-corrected chi connectivity index (χ2v) is 9.89. The smallest absolute Gasteiger partial charge is 0.405 e. The number of imidazole rings is 1. The fourth-order valence-corrected chi connectivity index (χ4v) is 5.13. The third-order valence-corrected chi connectivity index (χ3v) is 7.06. The molecule has 0 amide bonds. The lowest BCUT2D eigenvalue weighted by atomic mass is 10.1. The summed E-state index contributed by atoms with van der Waals surface area (Å²) >= 11 is 0. The molecule has 0 aliphatic carbocycles. The number of nitrogens with one attached hydrogen (secondary N) is 1. The summed E-state index contributed by atoms with van der Waals surface area (Å²) < 4.78 is 71.5. The van der Waals surface area contributed by atoms with E-state index in [1.807, 2.05) is 6.07 Å². The van der Waals surface area contributed by atoms with Gasteiger partial charge in [0.05, 0.1) is 36.1 Å². The Morgan fingerprint density at radius 1 is 1.02 bits per heavy atom. The van der Waals surface area contributed by atoms with Gasteiger partial charge in [-0.3, -0.25) is 14.3 Å². The average molecular weight is 602 g/mol. The van der Waals surface area contributed by atoms with Crippen LogP contribution in [0.4, 0.5) is 27.8 Å². The van der Waals surface area contributed by atoms with Crippen molar-refractivity contribution in [2.24, 2.45) is 0 Å². The molecular weight excluding hydrogens is 577 g/mol. The quantitative estimate of drug-likeness (QED) is 0.255. The number of benzene rings is 2. The van der Waals surface area contributed by atoms with Gasteiger partial charge in [0.15, 0.2) is 5.65 Å². The Labute approximate surface area is 240 Å². The molecular formula is C28H24F5N7O3. The lowest BCUT2D eigenvalue weighted by Crippen LogP contribution is -2.35. The zero-order chi connectivity index (χ0) is 30.3. The van der Waals surface area contributed by atoms with E-state index in [-0.39, 0.29) is 40.6 Å². The molecule has 1 aliphatic rings. The highest BCUT2D eigenvalue weighted by Crippen LogP contribution is 2.28. The molecule has 0 unspecified atom stereocenters. The van der Waals surface area contributed by atoms with Gasteiger partial charge in [0.25, 0.3) is 5.56 Å². The Kier molecular flexibility index (Phi) is 7.43. The van der Waals surface area contributed by atoms with E-state index < -0.39 is 24.9 Å². The second kappa shape index (κ2) is 11.2. The van der Waals surface area contributed by atoms with Crippen LogP contribution in [-0.2, 0) is 13.1 Å². The van der Waals surface area contributed by atoms with Gasteiger partial charge in [0.2, 0.25) is 0 Å². The number of anilines is 1. The SMILES string of the molecule is O=c1c(-c2ccc3nc4n(c3c2)CCN(CCO)C4)cc2ncc(NCC(F)(F)F)nc2n1-c1ccc(OC(F)F)cc1. The number of hydrogen-bond acceptors (Lipinski definition) is 8. The van der Waals surface area contributed by atoms with Crippen LogP contribution in [0.5, 0.6) is 5.75 Å². The third kappa shape index (κ3) is 5.85. The molecule has 0 spiro atoms. The lowest BCUT2D eigenvalue weighted by Gasteiger charge is -2.27. The average Bonchev–Trinajstić information content (AvgIpc) is 3.33. The number of β-amino-alcohol motifs (C(OH)–C–C–N with tert-alkyl or cyclic N) is 1. The molecule has 3 aromatic heterocycles. The van der Waals surface area contributed by atoms with E-state index in [1.54, 1.807) is 12.1 Å². The molecule has 0 fully saturated rings. The fourth-order valence-electron chi connectivity index (χ4n) is 5.13. The molecule has 43 heavy (non-hydrogen) atoms. The van der Waals surface area contributed by atoms with Gasteiger partial charge in [0, 0.05) is 25.2 Å². The first-order valence-electron chi connectivity index (χ1n) is 13.2. The van der Waals surface area contributed by atoms with Crippen LogP contribution in [0.3, 0.4) is 0 Å². The fraction of sp³-hybridized carbons (Fsp3) is 0.286. The van der Waals surface area contributed by atoms with Crippen LogP contribution in [-0.4, -0.2) is 73.1 Å². The van der Waals surface area contributed by atoms with Crippen molar-refractivity contribution >= 4 is 28.0 Å². The van der Waals surface area contributed by atoms with Crippen LogP contribution in [0.1, 0.15) is 5.82 Å². The molecule has 0 atom stereocenters. The zero-order valence-electron chi connectivity index (χ0n) is 22.4. The van der Waals surface area contributed by atoms with Crippen molar-refractivity contribution in [1.82, 2.24) is 29.0 Å². The van der Waals surface area contributed by atoms with E-state index in [9.17, 15) is 31.9 Å². The van der Waals surface area contributed by atoms with Crippen molar-refractivity contribution in [3.05, 3.63) is 70.9 Å². The Morgan fingerprint density at radius 2 is 1.81 bits per heavy atom. The summed E-state index contributed by atoms with van der Waals surface area (Å²) in [6, 6.07) is 12.1. The van der Waals surface area contributed by atoms with E-state index >= 15 is 0 Å². The van der Waals surface area contributed by atoms with E-state index in [2.05, 4.69) is 29.5 Å². The highest BCUT2D eigenvalue weighted by molar-refractivity contribution is 5.86. The molecule has 0 saturated heterocycles. The molecule has 0 radical (unpaired) electrons. The monoisotopic (exact) mass is 601 g/mol. The van der Waals surface area contributed by atoms with Crippen molar-refractivity contribution in [2.75, 3.05) is 31.6 Å². The van der Waals surface area contributed by atoms with Crippen molar-refractivity contribution in [2.45, 2.75) is 25.9 Å². The summed E-state index contributed by atoms with van der Waals surface area (Å²) in [4.78, 5) is 29.4. The van der Waals surface area contributed by atoms with Gasteiger partial charge in [-0.25, -0.2) is 15.0 Å². The highest BCUT2D eigenvalue weighted by atomic mass is 19.4. The number of aliphatic hydroxyl groups excluding tert-OH is 1. The minimum absolute atomic E-state index is 0.0322. The third-order valence-electron chi connectivity index (χ3n) is 7.06. The molecule has 0 bridgehead atoms. The summed E-state index contributed by atoms with van der Waals surface area (Å²) in [5.41, 5.74) is 2.18. The van der Waals surface area contributed by atoms with Gasteiger partial charge in [-0.1, -0.05) is 6.07 Å². The van der Waals surface area contributed by atoms with E-state index in [1.165, 1.54) is 34.9 Å². The number of aliphatic hydroxyl groups is 1. The largest absolute Gasteiger partial charge is 0.435 e. The molecule has 4 heterocycles. The van der Waals surface area contributed by atoms with Gasteiger partial charge < -0.3 is 19.7 Å². The van der Waals surface area contributed by atoms with Crippen LogP contribution in [0.25, 0.3) is 39.0 Å². The predicted octanol–water partition coefficient (Wildman–Crippen LogP) is 4.18. The van der Waals surface area contributed by atoms with Crippen LogP contribution < -0.4 is 15.6 Å². The molecule has 0 saturated carbocycles. The maximum Gasteiger partial charge on any atom is 0.405 e. The van der Waals surface area contributed by atoms with Crippen molar-refractivity contribution < 1.29 is 31.8 Å². The van der Waals surface area contributed by atoms with Gasteiger partial charge >= 0.3 is 12.8 Å². The maximum atomic E-state index is 14.0. The number of pyridine rings is 1. The number of halogens is 5. The predicted molar refractivity (Wildman–Crippen MR) is 147 cm³/mol. The van der Waals surface area contributed by atoms with Crippen LogP contribution in [0.2, 0.25) is 0 Å². The number of ether oxygens (including phenoxy) is 1. The standard InChI is InChI=1S/C28H24F5N7O3/c29-27(30)43-18-4-2-17(3-5-18)40-25-21(34-13-23(37-25)35-15-28(31,32)33)12-19(26(40)42)16-1-6-20-22(11-16)39-8-7-38(9-10-41)14-24(39)36-20/h1-6,11-13,27,41H,7-10,14-15H2,(H,35,37).